The van der Waals surface area contributed by atoms with E-state index in [1.807, 2.05) is 66.9 Å². The highest BCUT2D eigenvalue weighted by atomic mass is 16.4. The molecule has 3 aromatic rings. The summed E-state index contributed by atoms with van der Waals surface area (Å²) in [6.45, 7) is 0.672. The van der Waals surface area contributed by atoms with E-state index in [0.29, 0.717) is 12.1 Å². The molecule has 0 amide bonds. The minimum atomic E-state index is -1.82. The summed E-state index contributed by atoms with van der Waals surface area (Å²) in [5, 5.41) is 27.3. The number of carboxylic acids is 2. The third kappa shape index (κ3) is 6.90. The number of aliphatic carboxylic acids is 2. The fourth-order valence-corrected chi connectivity index (χ4v) is 2.56. The summed E-state index contributed by atoms with van der Waals surface area (Å²) in [5.41, 5.74) is 3.91. The van der Waals surface area contributed by atoms with Gasteiger partial charge in [-0.15, -0.1) is 0 Å². The van der Waals surface area contributed by atoms with E-state index < -0.39 is 11.9 Å². The van der Waals surface area contributed by atoms with Crippen LogP contribution in [0, 0.1) is 11.3 Å². The fourth-order valence-electron chi connectivity index (χ4n) is 2.56. The molecule has 0 fully saturated rings. The number of nitrogens with one attached hydrogen (secondary N) is 1. The smallest absolute Gasteiger partial charge is 0.414 e. The zero-order valence-electron chi connectivity index (χ0n) is 15.4. The third-order valence-corrected chi connectivity index (χ3v) is 3.87. The van der Waals surface area contributed by atoms with Crippen molar-refractivity contribution in [1.82, 2.24) is 10.3 Å². The Hall–Kier alpha value is -4.02. The van der Waals surface area contributed by atoms with Crippen molar-refractivity contribution in [3.05, 3.63) is 101 Å². The molecule has 1 atom stereocenters. The maximum Gasteiger partial charge on any atom is 0.414 e. The zero-order valence-corrected chi connectivity index (χ0v) is 15.4. The number of nitriles is 1. The first-order valence-electron chi connectivity index (χ1n) is 8.65. The molecule has 7 heteroatoms. The van der Waals surface area contributed by atoms with Gasteiger partial charge in [0.05, 0.1) is 23.4 Å². The van der Waals surface area contributed by atoms with Crippen LogP contribution in [0.25, 0.3) is 0 Å². The SMILES string of the molecule is N#Cc1cccc(CNC(c2ccccc2)c2ccccn2)c1.O=C(O)C(=O)O. The quantitative estimate of drug-likeness (QED) is 0.573. The van der Waals surface area contributed by atoms with Gasteiger partial charge in [0.25, 0.3) is 0 Å². The van der Waals surface area contributed by atoms with Crippen molar-refractivity contribution in [2.45, 2.75) is 12.6 Å². The van der Waals surface area contributed by atoms with E-state index in [4.69, 9.17) is 25.1 Å². The number of benzene rings is 2. The molecule has 1 aromatic heterocycles. The van der Waals surface area contributed by atoms with Crippen molar-refractivity contribution in [1.29, 1.82) is 5.26 Å². The van der Waals surface area contributed by atoms with Gasteiger partial charge in [0, 0.05) is 12.7 Å². The highest BCUT2D eigenvalue weighted by Crippen LogP contribution is 2.20. The molecule has 2 aromatic carbocycles. The van der Waals surface area contributed by atoms with Crippen LogP contribution in [0.2, 0.25) is 0 Å². The lowest BCUT2D eigenvalue weighted by molar-refractivity contribution is -0.159. The van der Waals surface area contributed by atoms with E-state index >= 15 is 0 Å². The molecule has 0 saturated heterocycles. The van der Waals surface area contributed by atoms with E-state index in [9.17, 15) is 0 Å². The summed E-state index contributed by atoms with van der Waals surface area (Å²) >= 11 is 0. The van der Waals surface area contributed by atoms with Crippen molar-refractivity contribution in [2.24, 2.45) is 0 Å². The summed E-state index contributed by atoms with van der Waals surface area (Å²) in [5.74, 6) is -3.65. The zero-order chi connectivity index (χ0) is 21.1. The topological polar surface area (TPSA) is 123 Å². The van der Waals surface area contributed by atoms with Crippen molar-refractivity contribution in [3.63, 3.8) is 0 Å². The second-order valence-corrected chi connectivity index (χ2v) is 5.90. The Morgan fingerprint density at radius 2 is 1.66 bits per heavy atom. The first-order valence-corrected chi connectivity index (χ1v) is 8.65. The molecule has 3 rings (SSSR count). The average Bonchev–Trinajstić information content (AvgIpc) is 2.76. The van der Waals surface area contributed by atoms with Crippen LogP contribution in [0.15, 0.2) is 79.0 Å². The number of hydrogen-bond donors (Lipinski definition) is 3. The van der Waals surface area contributed by atoms with Gasteiger partial charge in [0.15, 0.2) is 0 Å². The lowest BCUT2D eigenvalue weighted by Gasteiger charge is -2.19. The predicted octanol–water partition coefficient (Wildman–Crippen LogP) is 2.99. The summed E-state index contributed by atoms with van der Waals surface area (Å²) < 4.78 is 0. The molecule has 0 aliphatic carbocycles. The highest BCUT2D eigenvalue weighted by molar-refractivity contribution is 6.27. The van der Waals surface area contributed by atoms with Gasteiger partial charge >= 0.3 is 11.9 Å². The Labute approximate surface area is 167 Å². The van der Waals surface area contributed by atoms with Crippen molar-refractivity contribution >= 4 is 11.9 Å². The molecule has 0 spiro atoms. The number of carboxylic acid groups (broad SMARTS) is 2. The van der Waals surface area contributed by atoms with E-state index in [-0.39, 0.29) is 6.04 Å². The lowest BCUT2D eigenvalue weighted by Crippen LogP contribution is -2.22. The third-order valence-electron chi connectivity index (χ3n) is 3.87. The maximum atomic E-state index is 9.10. The van der Waals surface area contributed by atoms with Crippen LogP contribution in [0.4, 0.5) is 0 Å². The standard InChI is InChI=1S/C20H17N3.C2H2O4/c21-14-16-7-6-8-17(13-16)15-23-20(18-9-2-1-3-10-18)19-11-4-5-12-22-19;3-1(4)2(5)6/h1-13,20,23H,15H2;(H,3,4)(H,5,6). The van der Waals surface area contributed by atoms with E-state index in [1.165, 1.54) is 5.56 Å². The lowest BCUT2D eigenvalue weighted by atomic mass is 10.0. The van der Waals surface area contributed by atoms with Gasteiger partial charge in [-0.2, -0.15) is 5.26 Å². The molecular formula is C22H19N3O4. The van der Waals surface area contributed by atoms with Crippen molar-refractivity contribution in [3.8, 4) is 6.07 Å². The molecule has 0 saturated carbocycles. The Morgan fingerprint density at radius 1 is 0.966 bits per heavy atom. The Bertz CT molecular complexity index is 934. The fraction of sp³-hybridized carbons (Fsp3) is 0.0909. The number of pyridine rings is 1. The number of rotatable bonds is 5. The summed E-state index contributed by atoms with van der Waals surface area (Å²) in [6.07, 6.45) is 1.81. The first-order chi connectivity index (χ1) is 14.0. The molecule has 7 nitrogen and oxygen atoms in total. The van der Waals surface area contributed by atoms with Crippen molar-refractivity contribution in [2.75, 3.05) is 0 Å². The van der Waals surface area contributed by atoms with E-state index in [2.05, 4.69) is 28.5 Å². The Kier molecular flexibility index (Phi) is 8.05. The van der Waals surface area contributed by atoms with Gasteiger partial charge < -0.3 is 15.5 Å². The molecule has 146 valence electrons. The van der Waals surface area contributed by atoms with Gasteiger partial charge in [0.2, 0.25) is 0 Å². The van der Waals surface area contributed by atoms with Gasteiger partial charge in [-0.05, 0) is 35.4 Å². The number of carbonyl (C=O) groups is 2. The number of aromatic nitrogens is 1. The molecule has 1 heterocycles. The van der Waals surface area contributed by atoms with Crippen LogP contribution in [0.1, 0.15) is 28.4 Å². The number of nitrogens with zero attached hydrogens (tertiary/aromatic N) is 2. The Morgan fingerprint density at radius 3 is 2.24 bits per heavy atom. The van der Waals surface area contributed by atoms with Gasteiger partial charge in [0.1, 0.15) is 0 Å². The summed E-state index contributed by atoms with van der Waals surface area (Å²) in [6, 6.07) is 26.1. The van der Waals surface area contributed by atoms with E-state index in [0.717, 1.165) is 11.3 Å². The molecule has 0 radical (unpaired) electrons. The largest absolute Gasteiger partial charge is 0.473 e. The Balaban J connectivity index is 0.000000438. The second kappa shape index (κ2) is 11.0. The second-order valence-electron chi connectivity index (χ2n) is 5.90. The minimum Gasteiger partial charge on any atom is -0.473 e. The van der Waals surface area contributed by atoms with Crippen LogP contribution in [-0.4, -0.2) is 27.1 Å². The highest BCUT2D eigenvalue weighted by Gasteiger charge is 2.14. The molecule has 29 heavy (non-hydrogen) atoms. The molecule has 0 aliphatic rings. The molecule has 1 unspecified atom stereocenters. The summed E-state index contributed by atoms with van der Waals surface area (Å²) in [4.78, 5) is 22.7. The van der Waals surface area contributed by atoms with Crippen LogP contribution in [0.3, 0.4) is 0 Å². The number of hydrogen-bond acceptors (Lipinski definition) is 5. The van der Waals surface area contributed by atoms with Gasteiger partial charge in [-0.25, -0.2) is 9.59 Å². The predicted molar refractivity (Wildman–Crippen MR) is 106 cm³/mol. The first kappa shape index (κ1) is 21.3. The molecule has 0 bridgehead atoms. The average molecular weight is 389 g/mol. The van der Waals surface area contributed by atoms with Crippen molar-refractivity contribution < 1.29 is 19.8 Å². The monoisotopic (exact) mass is 389 g/mol. The van der Waals surface area contributed by atoms with Gasteiger partial charge in [-0.1, -0.05) is 48.5 Å². The van der Waals surface area contributed by atoms with Crippen LogP contribution < -0.4 is 5.32 Å². The molecule has 0 aliphatic heterocycles. The van der Waals surface area contributed by atoms with Crippen LogP contribution in [0.5, 0.6) is 0 Å². The normalized spacial score (nSPS) is 10.7. The van der Waals surface area contributed by atoms with Crippen LogP contribution in [-0.2, 0) is 16.1 Å². The van der Waals surface area contributed by atoms with Gasteiger partial charge in [-0.3, -0.25) is 4.98 Å². The minimum absolute atomic E-state index is 0.0168. The summed E-state index contributed by atoms with van der Waals surface area (Å²) in [7, 11) is 0. The molecule has 3 N–H and O–H groups in total. The van der Waals surface area contributed by atoms with Crippen LogP contribution >= 0.6 is 0 Å². The van der Waals surface area contributed by atoms with E-state index in [1.54, 1.807) is 0 Å². The maximum absolute atomic E-state index is 9.10. The molecular weight excluding hydrogens is 370 g/mol.